The van der Waals surface area contributed by atoms with Gasteiger partial charge < -0.3 is 9.47 Å². The molecule has 1 aromatic heterocycles. The van der Waals surface area contributed by atoms with Crippen LogP contribution < -0.4 is 4.74 Å². The summed E-state index contributed by atoms with van der Waals surface area (Å²) in [6, 6.07) is 3.59. The van der Waals surface area contributed by atoms with Crippen LogP contribution >= 0.6 is 0 Å². The molecule has 0 amide bonds. The lowest BCUT2D eigenvalue weighted by atomic mass is 10.1. The Hall–Kier alpha value is -1.58. The van der Waals surface area contributed by atoms with Gasteiger partial charge in [-0.2, -0.15) is 0 Å². The number of aromatic nitrogens is 1. The van der Waals surface area contributed by atoms with E-state index in [0.29, 0.717) is 18.8 Å². The molecule has 0 fully saturated rings. The normalized spacial score (nSPS) is 11.9. The summed E-state index contributed by atoms with van der Waals surface area (Å²) in [4.78, 5) is 15.2. The van der Waals surface area contributed by atoms with E-state index in [0.717, 1.165) is 0 Å². The number of carbonyl (C=O) groups excluding carboxylic acids is 1. The highest BCUT2D eigenvalue weighted by molar-refractivity contribution is 5.72. The van der Waals surface area contributed by atoms with E-state index in [4.69, 9.17) is 4.74 Å². The van der Waals surface area contributed by atoms with E-state index in [1.54, 1.807) is 24.5 Å². The topological polar surface area (TPSA) is 48.4 Å². The van der Waals surface area contributed by atoms with Gasteiger partial charge >= 0.3 is 5.97 Å². The monoisotopic (exact) mass is 209 g/mol. The molecule has 4 nitrogen and oxygen atoms in total. The second-order valence-corrected chi connectivity index (χ2v) is 3.13. The average molecular weight is 209 g/mol. The van der Waals surface area contributed by atoms with Crippen LogP contribution in [0.4, 0.5) is 0 Å². The first kappa shape index (κ1) is 11.5. The van der Waals surface area contributed by atoms with Gasteiger partial charge in [0.05, 0.1) is 19.2 Å². The molecule has 0 spiro atoms. The molecule has 0 aliphatic heterocycles. The van der Waals surface area contributed by atoms with Gasteiger partial charge in [-0.3, -0.25) is 9.78 Å². The third-order valence-corrected chi connectivity index (χ3v) is 2.11. The average Bonchev–Trinajstić information content (AvgIpc) is 2.31. The number of pyridine rings is 1. The van der Waals surface area contributed by atoms with Gasteiger partial charge in [0.1, 0.15) is 12.4 Å². The molecule has 1 aromatic rings. The van der Waals surface area contributed by atoms with Crippen LogP contribution in [0.5, 0.6) is 5.75 Å². The number of hydrogen-bond acceptors (Lipinski definition) is 4. The van der Waals surface area contributed by atoms with E-state index in [1.165, 1.54) is 7.11 Å². The van der Waals surface area contributed by atoms with Crippen molar-refractivity contribution in [1.82, 2.24) is 4.98 Å². The van der Waals surface area contributed by atoms with Gasteiger partial charge in [0.25, 0.3) is 0 Å². The first-order valence-electron chi connectivity index (χ1n) is 4.88. The van der Waals surface area contributed by atoms with Gasteiger partial charge in [-0.15, -0.1) is 0 Å². The fourth-order valence-electron chi connectivity index (χ4n) is 1.15. The lowest BCUT2D eigenvalue weighted by Crippen LogP contribution is -2.22. The van der Waals surface area contributed by atoms with Crippen LogP contribution in [-0.4, -0.2) is 24.7 Å². The van der Waals surface area contributed by atoms with Crippen molar-refractivity contribution in [3.05, 3.63) is 24.5 Å². The molecule has 1 heterocycles. The first-order valence-corrected chi connectivity index (χ1v) is 4.88. The fraction of sp³-hybridized carbons (Fsp3) is 0.455. The Kier molecular flexibility index (Phi) is 4.60. The molecule has 0 saturated carbocycles. The molecule has 15 heavy (non-hydrogen) atoms. The molecule has 0 aliphatic rings. The Morgan fingerprint density at radius 3 is 2.93 bits per heavy atom. The minimum atomic E-state index is -0.235. The highest BCUT2D eigenvalue weighted by Gasteiger charge is 2.17. The van der Waals surface area contributed by atoms with E-state index in [2.05, 4.69) is 9.72 Å². The third kappa shape index (κ3) is 3.58. The molecule has 1 atom stereocenters. The zero-order valence-electron chi connectivity index (χ0n) is 8.97. The van der Waals surface area contributed by atoms with Crippen molar-refractivity contribution in [2.24, 2.45) is 5.92 Å². The van der Waals surface area contributed by atoms with Gasteiger partial charge in [-0.1, -0.05) is 6.92 Å². The Morgan fingerprint density at radius 2 is 2.40 bits per heavy atom. The van der Waals surface area contributed by atoms with Gasteiger partial charge in [0, 0.05) is 6.20 Å². The molecule has 0 N–H and O–H groups in total. The van der Waals surface area contributed by atoms with Crippen molar-refractivity contribution >= 4 is 5.97 Å². The van der Waals surface area contributed by atoms with Crippen molar-refractivity contribution in [1.29, 1.82) is 0 Å². The summed E-state index contributed by atoms with van der Waals surface area (Å²) in [5.41, 5.74) is 0. The molecule has 0 saturated heterocycles. The molecule has 0 bridgehead atoms. The van der Waals surface area contributed by atoms with E-state index in [9.17, 15) is 4.79 Å². The summed E-state index contributed by atoms with van der Waals surface area (Å²) in [6.45, 7) is 2.25. The van der Waals surface area contributed by atoms with Crippen LogP contribution in [0.2, 0.25) is 0 Å². The van der Waals surface area contributed by atoms with Gasteiger partial charge in [-0.05, 0) is 18.6 Å². The Labute approximate surface area is 89.2 Å². The first-order chi connectivity index (χ1) is 7.27. The van der Waals surface area contributed by atoms with E-state index in [1.807, 2.05) is 6.92 Å². The number of ether oxygens (including phenoxy) is 2. The molecule has 0 aliphatic carbocycles. The van der Waals surface area contributed by atoms with Crippen molar-refractivity contribution in [2.45, 2.75) is 13.3 Å². The Balaban J connectivity index is 2.44. The number of nitrogens with zero attached hydrogens (tertiary/aromatic N) is 1. The summed E-state index contributed by atoms with van der Waals surface area (Å²) in [5, 5.41) is 0. The van der Waals surface area contributed by atoms with Crippen LogP contribution in [0.3, 0.4) is 0 Å². The summed E-state index contributed by atoms with van der Waals surface area (Å²) >= 11 is 0. The quantitative estimate of drug-likeness (QED) is 0.692. The van der Waals surface area contributed by atoms with Crippen LogP contribution in [0.25, 0.3) is 0 Å². The second kappa shape index (κ2) is 6.01. The minimum absolute atomic E-state index is 0.213. The smallest absolute Gasteiger partial charge is 0.312 e. The van der Waals surface area contributed by atoms with Crippen molar-refractivity contribution in [3.63, 3.8) is 0 Å². The van der Waals surface area contributed by atoms with Crippen LogP contribution in [-0.2, 0) is 9.53 Å². The molecule has 82 valence electrons. The SMILES string of the molecule is CCC(COc1cccnc1)C(=O)OC. The Bertz CT molecular complexity index is 300. The number of methoxy groups -OCH3 is 1. The van der Waals surface area contributed by atoms with E-state index >= 15 is 0 Å². The molecular weight excluding hydrogens is 194 g/mol. The molecule has 0 radical (unpaired) electrons. The van der Waals surface area contributed by atoms with Gasteiger partial charge in [0.15, 0.2) is 0 Å². The maximum absolute atomic E-state index is 11.2. The van der Waals surface area contributed by atoms with Crippen LogP contribution in [0.1, 0.15) is 13.3 Å². The van der Waals surface area contributed by atoms with Gasteiger partial charge in [-0.25, -0.2) is 0 Å². The maximum atomic E-state index is 11.2. The largest absolute Gasteiger partial charge is 0.491 e. The van der Waals surface area contributed by atoms with Crippen molar-refractivity contribution in [2.75, 3.05) is 13.7 Å². The number of rotatable bonds is 5. The third-order valence-electron chi connectivity index (χ3n) is 2.11. The zero-order valence-corrected chi connectivity index (χ0v) is 8.97. The highest BCUT2D eigenvalue weighted by Crippen LogP contribution is 2.11. The molecule has 1 rings (SSSR count). The summed E-state index contributed by atoms with van der Waals surface area (Å²) in [6.07, 6.45) is 3.99. The predicted molar refractivity (Wildman–Crippen MR) is 55.5 cm³/mol. The van der Waals surface area contributed by atoms with E-state index < -0.39 is 0 Å². The number of esters is 1. The molecule has 4 heteroatoms. The van der Waals surface area contributed by atoms with Crippen molar-refractivity contribution < 1.29 is 14.3 Å². The van der Waals surface area contributed by atoms with Crippen LogP contribution in [0.15, 0.2) is 24.5 Å². The maximum Gasteiger partial charge on any atom is 0.312 e. The van der Waals surface area contributed by atoms with E-state index in [-0.39, 0.29) is 11.9 Å². The lowest BCUT2D eigenvalue weighted by Gasteiger charge is -2.13. The fourth-order valence-corrected chi connectivity index (χ4v) is 1.15. The minimum Gasteiger partial charge on any atom is -0.491 e. The highest BCUT2D eigenvalue weighted by atomic mass is 16.5. The zero-order chi connectivity index (χ0) is 11.1. The molecular formula is C11H15NO3. The standard InChI is InChI=1S/C11H15NO3/c1-3-9(11(13)14-2)8-15-10-5-4-6-12-7-10/h4-7,9H,3,8H2,1-2H3. The number of hydrogen-bond donors (Lipinski definition) is 0. The summed E-state index contributed by atoms with van der Waals surface area (Å²) in [5.74, 6) is 0.219. The lowest BCUT2D eigenvalue weighted by molar-refractivity contribution is -0.146. The second-order valence-electron chi connectivity index (χ2n) is 3.13. The molecule has 0 aromatic carbocycles. The number of carbonyl (C=O) groups is 1. The van der Waals surface area contributed by atoms with Crippen LogP contribution in [0, 0.1) is 5.92 Å². The predicted octanol–water partition coefficient (Wildman–Crippen LogP) is 1.66. The van der Waals surface area contributed by atoms with Crippen molar-refractivity contribution in [3.8, 4) is 5.75 Å². The summed E-state index contributed by atoms with van der Waals surface area (Å²) < 4.78 is 10.1. The van der Waals surface area contributed by atoms with Gasteiger partial charge in [0.2, 0.25) is 0 Å². The molecule has 1 unspecified atom stereocenters. The summed E-state index contributed by atoms with van der Waals surface area (Å²) in [7, 11) is 1.38. The Morgan fingerprint density at radius 1 is 1.60 bits per heavy atom.